The second-order valence-corrected chi connectivity index (χ2v) is 6.20. The predicted octanol–water partition coefficient (Wildman–Crippen LogP) is 2.98. The summed E-state index contributed by atoms with van der Waals surface area (Å²) in [6.45, 7) is 1.75. The molecule has 26 heavy (non-hydrogen) atoms. The zero-order valence-electron chi connectivity index (χ0n) is 13.8. The summed E-state index contributed by atoms with van der Waals surface area (Å²) in [7, 11) is 0. The number of hydrazine groups is 1. The van der Waals surface area contributed by atoms with Crippen LogP contribution in [0, 0.1) is 5.82 Å². The Balaban J connectivity index is 1.88. The molecule has 2 aromatic carbocycles. The van der Waals surface area contributed by atoms with Gasteiger partial charge in [-0.2, -0.15) is 5.01 Å². The second-order valence-electron chi connectivity index (χ2n) is 5.76. The number of imide groups is 1. The largest absolute Gasteiger partial charge is 0.344 e. The first-order chi connectivity index (χ1) is 12.4. The van der Waals surface area contributed by atoms with E-state index in [4.69, 9.17) is 11.6 Å². The summed E-state index contributed by atoms with van der Waals surface area (Å²) in [5, 5.41) is 3.33. The number of urea groups is 1. The number of benzene rings is 2. The van der Waals surface area contributed by atoms with Crippen molar-refractivity contribution >= 4 is 29.4 Å². The van der Waals surface area contributed by atoms with E-state index >= 15 is 0 Å². The van der Waals surface area contributed by atoms with Gasteiger partial charge in [0, 0.05) is 5.02 Å². The number of nitrogens with one attached hydrogen (secondary N) is 2. The van der Waals surface area contributed by atoms with Crippen LogP contribution >= 0.6 is 11.6 Å². The summed E-state index contributed by atoms with van der Waals surface area (Å²) in [5.74, 6) is -2.42. The average molecular weight is 376 g/mol. The molecule has 0 radical (unpaired) electrons. The number of nitrogens with zero attached hydrogens (tertiary/aromatic N) is 1. The first kappa shape index (κ1) is 17.9. The monoisotopic (exact) mass is 375 g/mol. The van der Waals surface area contributed by atoms with Crippen molar-refractivity contribution in [2.45, 2.75) is 18.9 Å². The molecule has 0 spiro atoms. The normalized spacial score (nSPS) is 19.4. The highest BCUT2D eigenvalue weighted by molar-refractivity contribution is 6.30. The van der Waals surface area contributed by atoms with Crippen molar-refractivity contribution in [2.24, 2.45) is 0 Å². The van der Waals surface area contributed by atoms with Crippen LogP contribution in [0.5, 0.6) is 0 Å². The molecular formula is C18H15ClFN3O3. The van der Waals surface area contributed by atoms with Crippen LogP contribution in [0.2, 0.25) is 5.02 Å². The summed E-state index contributed by atoms with van der Waals surface area (Å²) in [6.07, 6.45) is 0.281. The first-order valence-corrected chi connectivity index (χ1v) is 8.25. The maximum absolute atomic E-state index is 13.9. The minimum absolute atomic E-state index is 0.128. The minimum Gasteiger partial charge on any atom is -0.318 e. The lowest BCUT2D eigenvalue weighted by Crippen LogP contribution is -2.48. The van der Waals surface area contributed by atoms with Crippen LogP contribution in [0.1, 0.15) is 29.3 Å². The third kappa shape index (κ3) is 2.90. The highest BCUT2D eigenvalue weighted by Crippen LogP contribution is 2.31. The summed E-state index contributed by atoms with van der Waals surface area (Å²) in [4.78, 5) is 37.5. The fraction of sp³-hybridized carbons (Fsp3) is 0.167. The van der Waals surface area contributed by atoms with Gasteiger partial charge in [-0.15, -0.1) is 0 Å². The van der Waals surface area contributed by atoms with Gasteiger partial charge >= 0.3 is 6.03 Å². The van der Waals surface area contributed by atoms with Crippen LogP contribution in [0.3, 0.4) is 0 Å². The second kappa shape index (κ2) is 6.76. The Hall–Kier alpha value is -2.93. The molecule has 8 heteroatoms. The zero-order valence-corrected chi connectivity index (χ0v) is 14.5. The molecule has 1 atom stereocenters. The van der Waals surface area contributed by atoms with E-state index in [0.29, 0.717) is 10.6 Å². The van der Waals surface area contributed by atoms with Crippen molar-refractivity contribution < 1.29 is 18.8 Å². The Bertz CT molecular complexity index is 891. The molecule has 0 unspecified atom stereocenters. The van der Waals surface area contributed by atoms with Gasteiger partial charge in [-0.3, -0.25) is 15.0 Å². The molecule has 6 nitrogen and oxygen atoms in total. The van der Waals surface area contributed by atoms with E-state index < -0.39 is 29.2 Å². The number of halogens is 2. The van der Waals surface area contributed by atoms with E-state index in [1.165, 1.54) is 12.1 Å². The maximum Gasteiger partial charge on any atom is 0.344 e. The van der Waals surface area contributed by atoms with Crippen LogP contribution in [-0.2, 0) is 10.3 Å². The van der Waals surface area contributed by atoms with E-state index in [1.807, 2.05) is 0 Å². The summed E-state index contributed by atoms with van der Waals surface area (Å²) in [6, 6.07) is 11.4. The third-order valence-electron chi connectivity index (χ3n) is 4.28. The lowest BCUT2D eigenvalue weighted by molar-refractivity contribution is -0.133. The molecule has 0 aromatic heterocycles. The highest BCUT2D eigenvalue weighted by Gasteiger charge is 2.52. The van der Waals surface area contributed by atoms with Crippen molar-refractivity contribution in [2.75, 3.05) is 0 Å². The maximum atomic E-state index is 13.9. The quantitative estimate of drug-likeness (QED) is 0.806. The van der Waals surface area contributed by atoms with Gasteiger partial charge in [-0.1, -0.05) is 48.9 Å². The van der Waals surface area contributed by atoms with E-state index in [-0.39, 0.29) is 17.0 Å². The number of carbonyl (C=O) groups is 3. The average Bonchev–Trinajstić information content (AvgIpc) is 2.87. The molecule has 1 saturated heterocycles. The van der Waals surface area contributed by atoms with Crippen molar-refractivity contribution in [3.8, 4) is 0 Å². The highest BCUT2D eigenvalue weighted by atomic mass is 35.5. The molecule has 0 aliphatic carbocycles. The van der Waals surface area contributed by atoms with Crippen molar-refractivity contribution in [3.63, 3.8) is 0 Å². The Morgan fingerprint density at radius 1 is 1.23 bits per heavy atom. The molecule has 1 heterocycles. The molecule has 0 bridgehead atoms. The number of amides is 4. The SMILES string of the molecule is CC[C@]1(c2ccccc2)NC(=O)N(NC(=O)c2ccc(Cl)cc2F)C1=O. The predicted molar refractivity (Wildman–Crippen MR) is 92.7 cm³/mol. The standard InChI is InChI=1S/C18H15ClFN3O3/c1-2-18(11-6-4-3-5-7-11)16(25)23(17(26)21-18)22-15(24)13-9-8-12(19)10-14(13)20/h3-10H,2H2,1H3,(H,21,26)(H,22,24)/t18-/m1/s1. The van der Waals surface area contributed by atoms with E-state index in [9.17, 15) is 18.8 Å². The van der Waals surface area contributed by atoms with Gasteiger partial charge in [0.1, 0.15) is 11.4 Å². The zero-order chi connectivity index (χ0) is 18.9. The molecule has 4 amide bonds. The molecule has 134 valence electrons. The fourth-order valence-electron chi connectivity index (χ4n) is 2.87. The van der Waals surface area contributed by atoms with Gasteiger partial charge < -0.3 is 5.32 Å². The lowest BCUT2D eigenvalue weighted by Gasteiger charge is -2.25. The Morgan fingerprint density at radius 2 is 1.92 bits per heavy atom. The molecule has 1 fully saturated rings. The van der Waals surface area contributed by atoms with E-state index in [0.717, 1.165) is 6.07 Å². The van der Waals surface area contributed by atoms with Crippen LogP contribution in [-0.4, -0.2) is 22.9 Å². The minimum atomic E-state index is -1.29. The van der Waals surface area contributed by atoms with Crippen LogP contribution < -0.4 is 10.7 Å². The molecule has 3 rings (SSSR count). The number of rotatable bonds is 4. The summed E-state index contributed by atoms with van der Waals surface area (Å²) in [5.41, 5.74) is 1.14. The van der Waals surface area contributed by atoms with Crippen molar-refractivity contribution in [1.82, 2.24) is 15.8 Å². The number of hydrogen-bond acceptors (Lipinski definition) is 3. The van der Waals surface area contributed by atoms with Gasteiger partial charge in [-0.05, 0) is 30.2 Å². The number of hydrogen-bond donors (Lipinski definition) is 2. The molecular weight excluding hydrogens is 361 g/mol. The van der Waals surface area contributed by atoms with E-state index in [2.05, 4.69) is 10.7 Å². The Labute approximate surface area is 153 Å². The molecule has 1 aliphatic rings. The topological polar surface area (TPSA) is 78.5 Å². The van der Waals surface area contributed by atoms with Gasteiger partial charge in [0.15, 0.2) is 0 Å². The summed E-state index contributed by atoms with van der Waals surface area (Å²) >= 11 is 5.66. The van der Waals surface area contributed by atoms with Gasteiger partial charge in [0.2, 0.25) is 0 Å². The number of carbonyl (C=O) groups excluding carboxylic acids is 3. The molecule has 2 N–H and O–H groups in total. The fourth-order valence-corrected chi connectivity index (χ4v) is 3.03. The summed E-state index contributed by atoms with van der Waals surface area (Å²) < 4.78 is 13.9. The molecule has 1 aliphatic heterocycles. The van der Waals surface area contributed by atoms with Gasteiger partial charge in [-0.25, -0.2) is 9.18 Å². The van der Waals surface area contributed by atoms with Gasteiger partial charge in [0.05, 0.1) is 5.56 Å². The van der Waals surface area contributed by atoms with Crippen LogP contribution in [0.25, 0.3) is 0 Å². The smallest absolute Gasteiger partial charge is 0.318 e. The lowest BCUT2D eigenvalue weighted by atomic mass is 9.87. The third-order valence-corrected chi connectivity index (χ3v) is 4.51. The van der Waals surface area contributed by atoms with Crippen molar-refractivity contribution in [1.29, 1.82) is 0 Å². The molecule has 2 aromatic rings. The first-order valence-electron chi connectivity index (χ1n) is 7.87. The van der Waals surface area contributed by atoms with Crippen LogP contribution in [0.15, 0.2) is 48.5 Å². The van der Waals surface area contributed by atoms with Crippen LogP contribution in [0.4, 0.5) is 9.18 Å². The van der Waals surface area contributed by atoms with E-state index in [1.54, 1.807) is 37.3 Å². The Morgan fingerprint density at radius 3 is 2.54 bits per heavy atom. The van der Waals surface area contributed by atoms with Gasteiger partial charge in [0.25, 0.3) is 11.8 Å². The molecule has 0 saturated carbocycles. The Kier molecular flexibility index (Phi) is 4.65. The van der Waals surface area contributed by atoms with Crippen molar-refractivity contribution in [3.05, 3.63) is 70.5 Å².